The van der Waals surface area contributed by atoms with E-state index in [1.54, 1.807) is 17.5 Å². The molecule has 1 aromatic rings. The number of hydrogen-bond acceptors (Lipinski definition) is 0. The van der Waals surface area contributed by atoms with E-state index in [1.165, 1.54) is 30.2 Å². The van der Waals surface area contributed by atoms with Crippen LogP contribution in [-0.4, -0.2) is 0 Å². The van der Waals surface area contributed by atoms with Crippen LogP contribution in [0.2, 0.25) is 0 Å². The summed E-state index contributed by atoms with van der Waals surface area (Å²) in [6, 6.07) is 7.10. The van der Waals surface area contributed by atoms with Crippen molar-refractivity contribution in [2.45, 2.75) is 43.9 Å². The van der Waals surface area contributed by atoms with Crippen molar-refractivity contribution in [1.82, 2.24) is 0 Å². The Balaban J connectivity index is 1.76. The Bertz CT molecular complexity index is 520. The number of fused-ring (bicyclic) bond motifs is 5. The van der Waals surface area contributed by atoms with E-state index in [4.69, 9.17) is 0 Å². The molecule has 1 aromatic carbocycles. The van der Waals surface area contributed by atoms with Gasteiger partial charge in [0.15, 0.2) is 0 Å². The SMILES string of the molecule is Brc1ccc2c(c1)C1CC3CC4CC2CC43C1. The van der Waals surface area contributed by atoms with E-state index in [1.807, 2.05) is 0 Å². The molecule has 4 aliphatic carbocycles. The van der Waals surface area contributed by atoms with E-state index in [0.717, 1.165) is 29.1 Å². The van der Waals surface area contributed by atoms with Gasteiger partial charge < -0.3 is 0 Å². The maximum Gasteiger partial charge on any atom is 0.0178 e. The molecule has 3 fully saturated rings. The smallest absolute Gasteiger partial charge is 0.0178 e. The normalized spacial score (nSPS) is 48.5. The van der Waals surface area contributed by atoms with Crippen molar-refractivity contribution in [1.29, 1.82) is 0 Å². The minimum absolute atomic E-state index is 0.806. The van der Waals surface area contributed by atoms with Crippen molar-refractivity contribution < 1.29 is 0 Å². The van der Waals surface area contributed by atoms with Gasteiger partial charge in [0.05, 0.1) is 0 Å². The van der Waals surface area contributed by atoms with Crippen molar-refractivity contribution in [3.63, 3.8) is 0 Å². The first-order valence-corrected chi connectivity index (χ1v) is 7.85. The minimum Gasteiger partial charge on any atom is -0.0574 e. The van der Waals surface area contributed by atoms with Crippen molar-refractivity contribution >= 4 is 15.9 Å². The largest absolute Gasteiger partial charge is 0.0574 e. The lowest BCUT2D eigenvalue weighted by Gasteiger charge is -2.48. The predicted octanol–water partition coefficient (Wildman–Crippen LogP) is 4.84. The molecular weight excluding hydrogens is 272 g/mol. The van der Waals surface area contributed by atoms with Gasteiger partial charge in [0.1, 0.15) is 0 Å². The molecule has 88 valence electrons. The first kappa shape index (κ1) is 9.61. The standard InChI is InChI=1S/C16H17Br/c17-13-1-2-14-9-3-11-5-12-4-10(15(14)6-13)8-16(11,12)7-9/h1-2,6,9-12H,3-5,7-8H2. The Morgan fingerprint density at radius 2 is 1.65 bits per heavy atom. The summed E-state index contributed by atoms with van der Waals surface area (Å²) in [5.41, 5.74) is 4.22. The van der Waals surface area contributed by atoms with Crippen LogP contribution in [0.15, 0.2) is 22.7 Å². The van der Waals surface area contributed by atoms with Crippen LogP contribution < -0.4 is 0 Å². The van der Waals surface area contributed by atoms with Crippen molar-refractivity contribution in [2.75, 3.05) is 0 Å². The zero-order valence-electron chi connectivity index (χ0n) is 9.95. The molecule has 5 rings (SSSR count). The van der Waals surface area contributed by atoms with E-state index in [-0.39, 0.29) is 0 Å². The van der Waals surface area contributed by atoms with Crippen LogP contribution in [0, 0.1) is 17.3 Å². The summed E-state index contributed by atoms with van der Waals surface area (Å²) in [5, 5.41) is 0. The summed E-state index contributed by atoms with van der Waals surface area (Å²) in [5.74, 6) is 3.98. The second-order valence-electron chi connectivity index (χ2n) is 6.91. The summed E-state index contributed by atoms with van der Waals surface area (Å²) in [6.45, 7) is 0. The Morgan fingerprint density at radius 3 is 2.41 bits per heavy atom. The zero-order valence-corrected chi connectivity index (χ0v) is 11.5. The number of hydrogen-bond donors (Lipinski definition) is 0. The molecule has 5 unspecified atom stereocenters. The maximum absolute atomic E-state index is 3.66. The number of halogens is 1. The van der Waals surface area contributed by atoms with E-state index in [9.17, 15) is 0 Å². The molecule has 0 amide bonds. The van der Waals surface area contributed by atoms with E-state index < -0.39 is 0 Å². The molecule has 0 aromatic heterocycles. The second-order valence-corrected chi connectivity index (χ2v) is 7.83. The van der Waals surface area contributed by atoms with Crippen molar-refractivity contribution in [2.24, 2.45) is 17.3 Å². The summed E-state index contributed by atoms with van der Waals surface area (Å²) >= 11 is 3.66. The van der Waals surface area contributed by atoms with Gasteiger partial charge >= 0.3 is 0 Å². The fourth-order valence-corrected chi connectivity index (χ4v) is 6.29. The molecule has 0 heterocycles. The quantitative estimate of drug-likeness (QED) is 0.641. The molecular formula is C16H17Br. The number of rotatable bonds is 0. The van der Waals surface area contributed by atoms with Gasteiger partial charge in [-0.25, -0.2) is 0 Å². The molecule has 0 radical (unpaired) electrons. The first-order valence-electron chi connectivity index (χ1n) is 7.05. The molecule has 0 aliphatic heterocycles. The van der Waals surface area contributed by atoms with Crippen molar-refractivity contribution in [3.8, 4) is 0 Å². The summed E-state index contributed by atoms with van der Waals surface area (Å²) < 4.78 is 1.28. The van der Waals surface area contributed by atoms with Crippen LogP contribution in [0.5, 0.6) is 0 Å². The van der Waals surface area contributed by atoms with Crippen molar-refractivity contribution in [3.05, 3.63) is 33.8 Å². The molecule has 3 saturated carbocycles. The summed E-state index contributed by atoms with van der Waals surface area (Å²) in [6.07, 6.45) is 7.59. The average molecular weight is 289 g/mol. The maximum atomic E-state index is 3.66. The molecule has 5 atom stereocenters. The highest BCUT2D eigenvalue weighted by Crippen LogP contribution is 2.75. The Morgan fingerprint density at radius 1 is 0.941 bits per heavy atom. The lowest BCUT2D eigenvalue weighted by molar-refractivity contribution is 0.00322. The molecule has 0 saturated heterocycles. The van der Waals surface area contributed by atoms with Gasteiger partial charge in [0, 0.05) is 4.47 Å². The minimum atomic E-state index is 0.806. The topological polar surface area (TPSA) is 0 Å². The van der Waals surface area contributed by atoms with E-state index in [2.05, 4.69) is 34.1 Å². The van der Waals surface area contributed by atoms with Gasteiger partial charge in [0.2, 0.25) is 0 Å². The Labute approximate surface area is 111 Å². The van der Waals surface area contributed by atoms with Crippen LogP contribution in [-0.2, 0) is 0 Å². The van der Waals surface area contributed by atoms with Crippen LogP contribution in [0.3, 0.4) is 0 Å². The molecule has 17 heavy (non-hydrogen) atoms. The average Bonchev–Trinajstić information content (AvgIpc) is 2.72. The molecule has 1 spiro atoms. The molecule has 0 N–H and O–H groups in total. The van der Waals surface area contributed by atoms with Gasteiger partial charge in [-0.15, -0.1) is 0 Å². The highest BCUT2D eigenvalue weighted by atomic mass is 79.9. The highest BCUT2D eigenvalue weighted by Gasteiger charge is 2.65. The monoisotopic (exact) mass is 288 g/mol. The third-order valence-corrected chi connectivity index (χ3v) is 7.01. The first-order chi connectivity index (χ1) is 8.26. The molecule has 1 heteroatoms. The third-order valence-electron chi connectivity index (χ3n) is 6.51. The van der Waals surface area contributed by atoms with Gasteiger partial charge in [-0.1, -0.05) is 22.0 Å². The molecule has 4 aliphatic rings. The van der Waals surface area contributed by atoms with E-state index >= 15 is 0 Å². The second kappa shape index (κ2) is 2.82. The Kier molecular flexibility index (Phi) is 1.59. The fraction of sp³-hybridized carbons (Fsp3) is 0.625. The fourth-order valence-electron chi connectivity index (χ4n) is 5.91. The third kappa shape index (κ3) is 0.985. The molecule has 0 nitrogen and oxygen atoms in total. The van der Waals surface area contributed by atoms with Crippen LogP contribution in [0.25, 0.3) is 0 Å². The van der Waals surface area contributed by atoms with Gasteiger partial charge in [-0.2, -0.15) is 0 Å². The lowest BCUT2D eigenvalue weighted by Crippen LogP contribution is -2.41. The van der Waals surface area contributed by atoms with Gasteiger partial charge in [-0.3, -0.25) is 0 Å². The highest BCUT2D eigenvalue weighted by molar-refractivity contribution is 9.10. The zero-order chi connectivity index (χ0) is 11.2. The van der Waals surface area contributed by atoms with E-state index in [0.29, 0.717) is 0 Å². The predicted molar refractivity (Wildman–Crippen MR) is 72.1 cm³/mol. The summed E-state index contributed by atoms with van der Waals surface area (Å²) in [4.78, 5) is 0. The van der Waals surface area contributed by atoms with Gasteiger partial charge in [0.25, 0.3) is 0 Å². The van der Waals surface area contributed by atoms with Gasteiger partial charge in [-0.05, 0) is 84.5 Å². The number of benzene rings is 1. The van der Waals surface area contributed by atoms with Crippen LogP contribution >= 0.6 is 15.9 Å². The van der Waals surface area contributed by atoms with Crippen LogP contribution in [0.1, 0.15) is 55.1 Å². The van der Waals surface area contributed by atoms with Crippen LogP contribution in [0.4, 0.5) is 0 Å². The summed E-state index contributed by atoms with van der Waals surface area (Å²) in [7, 11) is 0. The Hall–Kier alpha value is -0.300. The molecule has 3 bridgehead atoms. The lowest BCUT2D eigenvalue weighted by atomic mass is 9.56.